The van der Waals surface area contributed by atoms with Crippen LogP contribution in [-0.4, -0.2) is 11.1 Å². The molecule has 0 aliphatic carbocycles. The van der Waals surface area contributed by atoms with Crippen LogP contribution in [0.1, 0.15) is 19.4 Å². The van der Waals surface area contributed by atoms with Gasteiger partial charge in [-0.3, -0.25) is 4.79 Å². The standard InChI is InChI=1S/C10H9F3O2/c1-10(2,9(14)15)6-3-5(11)4-7(12)8(6)13/h3-4H,1-2H3,(H,14,15). The van der Waals surface area contributed by atoms with E-state index in [-0.39, 0.29) is 0 Å². The van der Waals surface area contributed by atoms with E-state index in [9.17, 15) is 18.0 Å². The Labute approximate surface area is 84.3 Å². The second-order valence-electron chi connectivity index (χ2n) is 3.68. The summed E-state index contributed by atoms with van der Waals surface area (Å²) in [5.41, 5.74) is -2.18. The van der Waals surface area contributed by atoms with Crippen molar-refractivity contribution < 1.29 is 23.1 Å². The summed E-state index contributed by atoms with van der Waals surface area (Å²) in [6.07, 6.45) is 0. The second kappa shape index (κ2) is 3.56. The van der Waals surface area contributed by atoms with Gasteiger partial charge in [-0.05, 0) is 19.9 Å². The van der Waals surface area contributed by atoms with Gasteiger partial charge < -0.3 is 5.11 Å². The minimum atomic E-state index is -1.67. The molecule has 1 N–H and O–H groups in total. The fourth-order valence-corrected chi connectivity index (χ4v) is 1.13. The highest BCUT2D eigenvalue weighted by atomic mass is 19.2. The Morgan fingerprint density at radius 1 is 1.27 bits per heavy atom. The second-order valence-corrected chi connectivity index (χ2v) is 3.68. The van der Waals surface area contributed by atoms with Gasteiger partial charge >= 0.3 is 5.97 Å². The summed E-state index contributed by atoms with van der Waals surface area (Å²) in [6.45, 7) is 2.35. The van der Waals surface area contributed by atoms with E-state index < -0.39 is 34.4 Å². The lowest BCUT2D eigenvalue weighted by Crippen LogP contribution is -2.30. The molecule has 0 fully saturated rings. The Morgan fingerprint density at radius 2 is 1.80 bits per heavy atom. The maximum atomic E-state index is 13.2. The van der Waals surface area contributed by atoms with Gasteiger partial charge in [0.25, 0.3) is 0 Å². The van der Waals surface area contributed by atoms with Crippen molar-refractivity contribution in [2.75, 3.05) is 0 Å². The van der Waals surface area contributed by atoms with Crippen LogP contribution >= 0.6 is 0 Å². The van der Waals surface area contributed by atoms with Crippen molar-refractivity contribution >= 4 is 5.97 Å². The van der Waals surface area contributed by atoms with Gasteiger partial charge in [-0.15, -0.1) is 0 Å². The largest absolute Gasteiger partial charge is 0.481 e. The molecule has 1 rings (SSSR count). The SMILES string of the molecule is CC(C)(C(=O)O)c1cc(F)cc(F)c1F. The van der Waals surface area contributed by atoms with Crippen LogP contribution in [0.5, 0.6) is 0 Å². The summed E-state index contributed by atoms with van der Waals surface area (Å²) >= 11 is 0. The molecule has 1 aromatic rings. The fourth-order valence-electron chi connectivity index (χ4n) is 1.13. The number of hydrogen-bond acceptors (Lipinski definition) is 1. The number of benzene rings is 1. The van der Waals surface area contributed by atoms with Crippen LogP contribution in [0.15, 0.2) is 12.1 Å². The Bertz CT molecular complexity index is 413. The molecule has 0 saturated carbocycles. The average Bonchev–Trinajstić information content (AvgIpc) is 2.10. The molecule has 15 heavy (non-hydrogen) atoms. The predicted molar refractivity (Wildman–Crippen MR) is 47.0 cm³/mol. The molecule has 0 atom stereocenters. The van der Waals surface area contributed by atoms with Crippen LogP contribution in [0.3, 0.4) is 0 Å². The molecular weight excluding hydrogens is 209 g/mol. The third-order valence-corrected chi connectivity index (χ3v) is 2.20. The monoisotopic (exact) mass is 218 g/mol. The molecule has 0 radical (unpaired) electrons. The minimum Gasteiger partial charge on any atom is -0.481 e. The lowest BCUT2D eigenvalue weighted by molar-refractivity contribution is -0.142. The van der Waals surface area contributed by atoms with Crippen molar-refractivity contribution in [2.45, 2.75) is 19.3 Å². The third-order valence-electron chi connectivity index (χ3n) is 2.20. The van der Waals surface area contributed by atoms with Crippen molar-refractivity contribution in [3.05, 3.63) is 35.1 Å². The van der Waals surface area contributed by atoms with Crippen molar-refractivity contribution in [1.82, 2.24) is 0 Å². The van der Waals surface area contributed by atoms with E-state index in [4.69, 9.17) is 5.11 Å². The van der Waals surface area contributed by atoms with Crippen molar-refractivity contribution in [3.63, 3.8) is 0 Å². The summed E-state index contributed by atoms with van der Waals surface area (Å²) < 4.78 is 38.9. The molecule has 0 aliphatic heterocycles. The van der Waals surface area contributed by atoms with E-state index in [0.717, 1.165) is 0 Å². The zero-order valence-electron chi connectivity index (χ0n) is 8.14. The zero-order chi connectivity index (χ0) is 11.8. The maximum Gasteiger partial charge on any atom is 0.313 e. The number of carbonyl (C=O) groups is 1. The molecule has 0 bridgehead atoms. The van der Waals surface area contributed by atoms with E-state index in [0.29, 0.717) is 12.1 Å². The summed E-state index contributed by atoms with van der Waals surface area (Å²) in [4.78, 5) is 10.8. The van der Waals surface area contributed by atoms with Gasteiger partial charge in [-0.2, -0.15) is 0 Å². The van der Waals surface area contributed by atoms with Gasteiger partial charge in [0, 0.05) is 11.6 Å². The lowest BCUT2D eigenvalue weighted by atomic mass is 9.84. The van der Waals surface area contributed by atoms with Gasteiger partial charge in [0.2, 0.25) is 0 Å². The number of hydrogen-bond donors (Lipinski definition) is 1. The quantitative estimate of drug-likeness (QED) is 0.774. The first-order valence-corrected chi connectivity index (χ1v) is 4.15. The van der Waals surface area contributed by atoms with Crippen molar-refractivity contribution in [3.8, 4) is 0 Å². The Morgan fingerprint density at radius 3 is 2.27 bits per heavy atom. The molecule has 0 saturated heterocycles. The van der Waals surface area contributed by atoms with Crippen LogP contribution < -0.4 is 0 Å². The summed E-state index contributed by atoms with van der Waals surface area (Å²) in [5.74, 6) is -5.08. The number of rotatable bonds is 2. The first-order chi connectivity index (χ1) is 6.76. The molecule has 1 aromatic carbocycles. The Hall–Kier alpha value is -1.52. The van der Waals surface area contributed by atoms with E-state index in [2.05, 4.69) is 0 Å². The molecular formula is C10H9F3O2. The Kier molecular flexibility index (Phi) is 2.75. The van der Waals surface area contributed by atoms with Crippen LogP contribution in [0.2, 0.25) is 0 Å². The highest BCUT2D eigenvalue weighted by Gasteiger charge is 2.34. The van der Waals surface area contributed by atoms with Gasteiger partial charge in [0.05, 0.1) is 5.41 Å². The van der Waals surface area contributed by atoms with Crippen LogP contribution in [0.4, 0.5) is 13.2 Å². The van der Waals surface area contributed by atoms with Gasteiger partial charge in [-0.1, -0.05) is 0 Å². The molecule has 2 nitrogen and oxygen atoms in total. The lowest BCUT2D eigenvalue weighted by Gasteiger charge is -2.20. The molecule has 0 spiro atoms. The number of aliphatic carboxylic acids is 1. The smallest absolute Gasteiger partial charge is 0.313 e. The van der Waals surface area contributed by atoms with Gasteiger partial charge in [0.1, 0.15) is 5.82 Å². The average molecular weight is 218 g/mol. The molecule has 0 aliphatic rings. The normalized spacial score (nSPS) is 11.5. The van der Waals surface area contributed by atoms with Crippen LogP contribution in [0.25, 0.3) is 0 Å². The number of carboxylic acid groups (broad SMARTS) is 1. The van der Waals surface area contributed by atoms with Crippen molar-refractivity contribution in [2.24, 2.45) is 0 Å². The molecule has 82 valence electrons. The summed E-state index contributed by atoms with van der Waals surface area (Å²) in [7, 11) is 0. The highest BCUT2D eigenvalue weighted by Crippen LogP contribution is 2.28. The first-order valence-electron chi connectivity index (χ1n) is 4.15. The third kappa shape index (κ3) is 1.95. The minimum absolute atomic E-state index is 0.372. The summed E-state index contributed by atoms with van der Waals surface area (Å²) in [5, 5.41) is 8.79. The summed E-state index contributed by atoms with van der Waals surface area (Å²) in [6, 6.07) is 1.06. The molecule has 0 amide bonds. The topological polar surface area (TPSA) is 37.3 Å². The van der Waals surface area contributed by atoms with E-state index in [1.807, 2.05) is 0 Å². The predicted octanol–water partition coefficient (Wildman–Crippen LogP) is 2.47. The molecule has 0 aromatic heterocycles. The highest BCUT2D eigenvalue weighted by molar-refractivity contribution is 5.80. The van der Waals surface area contributed by atoms with Gasteiger partial charge in [-0.25, -0.2) is 13.2 Å². The molecule has 5 heteroatoms. The van der Waals surface area contributed by atoms with E-state index in [1.54, 1.807) is 0 Å². The van der Waals surface area contributed by atoms with E-state index >= 15 is 0 Å². The number of halogens is 3. The van der Waals surface area contributed by atoms with Gasteiger partial charge in [0.15, 0.2) is 11.6 Å². The Balaban J connectivity index is 3.43. The molecule has 0 unspecified atom stereocenters. The fraction of sp³-hybridized carbons (Fsp3) is 0.300. The number of carboxylic acids is 1. The maximum absolute atomic E-state index is 13.2. The van der Waals surface area contributed by atoms with E-state index in [1.165, 1.54) is 13.8 Å². The van der Waals surface area contributed by atoms with Crippen LogP contribution in [0, 0.1) is 17.5 Å². The molecule has 0 heterocycles. The van der Waals surface area contributed by atoms with Crippen LogP contribution in [-0.2, 0) is 10.2 Å². The zero-order valence-corrected chi connectivity index (χ0v) is 8.14. The first kappa shape index (κ1) is 11.6. The van der Waals surface area contributed by atoms with Crippen molar-refractivity contribution in [1.29, 1.82) is 0 Å².